The summed E-state index contributed by atoms with van der Waals surface area (Å²) < 4.78 is 10.7. The van der Waals surface area contributed by atoms with E-state index in [0.29, 0.717) is 30.2 Å². The van der Waals surface area contributed by atoms with Crippen LogP contribution in [0.5, 0.6) is 11.5 Å². The molecule has 1 aromatic rings. The van der Waals surface area contributed by atoms with E-state index in [1.165, 1.54) is 0 Å². The molecule has 0 bridgehead atoms. The summed E-state index contributed by atoms with van der Waals surface area (Å²) in [6.07, 6.45) is 0. The van der Waals surface area contributed by atoms with Gasteiger partial charge in [-0.25, -0.2) is 0 Å². The van der Waals surface area contributed by atoms with Gasteiger partial charge in [0.05, 0.1) is 25.8 Å². The van der Waals surface area contributed by atoms with Crippen molar-refractivity contribution in [1.29, 1.82) is 0 Å². The van der Waals surface area contributed by atoms with Crippen molar-refractivity contribution in [2.45, 2.75) is 6.92 Å². The molecule has 20 heavy (non-hydrogen) atoms. The van der Waals surface area contributed by atoms with Crippen LogP contribution in [0.3, 0.4) is 0 Å². The minimum atomic E-state index is 0.0744. The third kappa shape index (κ3) is 3.71. The standard InChI is InChI=1S/C15H22N2O3/c1-3-20-12-4-5-15(19-2)13(10-12)14(18)11-17-8-6-16-7-9-17/h4-5,10,16H,3,6-9,11H2,1-2H3. The van der Waals surface area contributed by atoms with Gasteiger partial charge >= 0.3 is 0 Å². The molecule has 1 aliphatic rings. The Kier molecular flexibility index (Phi) is 5.38. The predicted octanol–water partition coefficient (Wildman–Crippen LogP) is 1.18. The molecule has 1 saturated heterocycles. The Hall–Kier alpha value is -1.59. The van der Waals surface area contributed by atoms with E-state index in [-0.39, 0.29) is 5.78 Å². The minimum Gasteiger partial charge on any atom is -0.496 e. The number of piperazine rings is 1. The van der Waals surface area contributed by atoms with Crippen LogP contribution in [0.2, 0.25) is 0 Å². The monoisotopic (exact) mass is 278 g/mol. The van der Waals surface area contributed by atoms with Crippen molar-refractivity contribution in [3.05, 3.63) is 23.8 Å². The lowest BCUT2D eigenvalue weighted by molar-refractivity contribution is 0.0918. The number of rotatable bonds is 6. The largest absolute Gasteiger partial charge is 0.496 e. The van der Waals surface area contributed by atoms with Crippen LogP contribution in [0.15, 0.2) is 18.2 Å². The Balaban J connectivity index is 2.11. The molecule has 5 nitrogen and oxygen atoms in total. The summed E-state index contributed by atoms with van der Waals surface area (Å²) in [5, 5.41) is 3.28. The van der Waals surface area contributed by atoms with Gasteiger partial charge in [-0.1, -0.05) is 0 Å². The number of nitrogens with zero attached hydrogens (tertiary/aromatic N) is 1. The van der Waals surface area contributed by atoms with Crippen LogP contribution in [0.25, 0.3) is 0 Å². The zero-order chi connectivity index (χ0) is 14.4. The van der Waals surface area contributed by atoms with Gasteiger partial charge in [0.15, 0.2) is 5.78 Å². The first-order valence-electron chi connectivity index (χ1n) is 7.01. The van der Waals surface area contributed by atoms with Gasteiger partial charge in [-0.15, -0.1) is 0 Å². The Morgan fingerprint density at radius 1 is 1.35 bits per heavy atom. The highest BCUT2D eigenvalue weighted by molar-refractivity contribution is 6.00. The highest BCUT2D eigenvalue weighted by atomic mass is 16.5. The SMILES string of the molecule is CCOc1ccc(OC)c(C(=O)CN2CCNCC2)c1. The lowest BCUT2D eigenvalue weighted by Gasteiger charge is -2.26. The fraction of sp³-hybridized carbons (Fsp3) is 0.533. The van der Waals surface area contributed by atoms with E-state index >= 15 is 0 Å². The van der Waals surface area contributed by atoms with E-state index in [4.69, 9.17) is 9.47 Å². The highest BCUT2D eigenvalue weighted by Crippen LogP contribution is 2.24. The zero-order valence-corrected chi connectivity index (χ0v) is 12.1. The Bertz CT molecular complexity index is 456. The Morgan fingerprint density at radius 3 is 2.75 bits per heavy atom. The van der Waals surface area contributed by atoms with Crippen molar-refractivity contribution in [1.82, 2.24) is 10.2 Å². The smallest absolute Gasteiger partial charge is 0.180 e. The van der Waals surface area contributed by atoms with Gasteiger partial charge in [0.1, 0.15) is 11.5 Å². The fourth-order valence-corrected chi connectivity index (χ4v) is 2.32. The number of hydrogen-bond acceptors (Lipinski definition) is 5. The molecule has 0 radical (unpaired) electrons. The molecule has 5 heteroatoms. The fourth-order valence-electron chi connectivity index (χ4n) is 2.32. The summed E-state index contributed by atoms with van der Waals surface area (Å²) in [6, 6.07) is 5.38. The number of carbonyl (C=O) groups is 1. The van der Waals surface area contributed by atoms with Gasteiger partial charge in [0.2, 0.25) is 0 Å². The van der Waals surface area contributed by atoms with E-state index in [0.717, 1.165) is 26.2 Å². The predicted molar refractivity (Wildman–Crippen MR) is 77.8 cm³/mol. The van der Waals surface area contributed by atoms with Crippen molar-refractivity contribution in [3.63, 3.8) is 0 Å². The quantitative estimate of drug-likeness (QED) is 0.792. The van der Waals surface area contributed by atoms with Crippen molar-refractivity contribution >= 4 is 5.78 Å². The Labute approximate surface area is 119 Å². The van der Waals surface area contributed by atoms with Crippen LogP contribution in [0, 0.1) is 0 Å². The van der Waals surface area contributed by atoms with E-state index in [1.54, 1.807) is 19.2 Å². The van der Waals surface area contributed by atoms with Gasteiger partial charge < -0.3 is 14.8 Å². The summed E-state index contributed by atoms with van der Waals surface area (Å²) >= 11 is 0. The minimum absolute atomic E-state index is 0.0744. The van der Waals surface area contributed by atoms with Gasteiger partial charge in [0, 0.05) is 26.2 Å². The van der Waals surface area contributed by atoms with Crippen molar-refractivity contribution < 1.29 is 14.3 Å². The molecule has 1 aromatic carbocycles. The van der Waals surface area contributed by atoms with E-state index in [9.17, 15) is 4.79 Å². The van der Waals surface area contributed by atoms with Crippen LogP contribution >= 0.6 is 0 Å². The molecule has 0 atom stereocenters. The van der Waals surface area contributed by atoms with Crippen molar-refractivity contribution in [2.24, 2.45) is 0 Å². The number of hydrogen-bond donors (Lipinski definition) is 1. The normalized spacial score (nSPS) is 15.9. The first-order valence-corrected chi connectivity index (χ1v) is 7.01. The first-order chi connectivity index (χ1) is 9.74. The van der Waals surface area contributed by atoms with E-state index in [1.807, 2.05) is 13.0 Å². The number of ether oxygens (including phenoxy) is 2. The lowest BCUT2D eigenvalue weighted by Crippen LogP contribution is -2.45. The second-order valence-corrected chi connectivity index (χ2v) is 4.74. The van der Waals surface area contributed by atoms with Gasteiger partial charge in [0.25, 0.3) is 0 Å². The number of Topliss-reactive ketones (excluding diaryl/α,β-unsaturated/α-hetero) is 1. The number of methoxy groups -OCH3 is 1. The van der Waals surface area contributed by atoms with Crippen LogP contribution in [-0.4, -0.2) is 57.1 Å². The average molecular weight is 278 g/mol. The number of carbonyl (C=O) groups excluding carboxylic acids is 1. The molecule has 0 aromatic heterocycles. The average Bonchev–Trinajstić information content (AvgIpc) is 2.48. The van der Waals surface area contributed by atoms with E-state index in [2.05, 4.69) is 10.2 Å². The summed E-state index contributed by atoms with van der Waals surface area (Å²) in [7, 11) is 1.58. The van der Waals surface area contributed by atoms with E-state index < -0.39 is 0 Å². The van der Waals surface area contributed by atoms with Gasteiger partial charge in [-0.05, 0) is 25.1 Å². The van der Waals surface area contributed by atoms with Crippen LogP contribution < -0.4 is 14.8 Å². The first kappa shape index (κ1) is 14.8. The maximum Gasteiger partial charge on any atom is 0.180 e. The second-order valence-electron chi connectivity index (χ2n) is 4.74. The van der Waals surface area contributed by atoms with Gasteiger partial charge in [-0.3, -0.25) is 9.69 Å². The molecule has 1 aliphatic heterocycles. The number of benzene rings is 1. The molecule has 0 unspecified atom stereocenters. The summed E-state index contributed by atoms with van der Waals surface area (Å²) in [5.74, 6) is 1.39. The highest BCUT2D eigenvalue weighted by Gasteiger charge is 2.18. The maximum absolute atomic E-state index is 12.5. The topological polar surface area (TPSA) is 50.8 Å². The molecule has 0 spiro atoms. The third-order valence-electron chi connectivity index (χ3n) is 3.36. The third-order valence-corrected chi connectivity index (χ3v) is 3.36. The maximum atomic E-state index is 12.5. The summed E-state index contributed by atoms with van der Waals surface area (Å²) in [4.78, 5) is 14.6. The molecular formula is C15H22N2O3. The number of ketones is 1. The molecule has 1 fully saturated rings. The molecule has 2 rings (SSSR count). The number of nitrogens with one attached hydrogen (secondary N) is 1. The second kappa shape index (κ2) is 7.26. The molecular weight excluding hydrogens is 256 g/mol. The van der Waals surface area contributed by atoms with Crippen LogP contribution in [-0.2, 0) is 0 Å². The van der Waals surface area contributed by atoms with Crippen molar-refractivity contribution in [3.8, 4) is 11.5 Å². The lowest BCUT2D eigenvalue weighted by atomic mass is 10.1. The molecule has 0 aliphatic carbocycles. The summed E-state index contributed by atoms with van der Waals surface area (Å²) in [6.45, 7) is 6.60. The molecule has 0 saturated carbocycles. The Morgan fingerprint density at radius 2 is 2.10 bits per heavy atom. The van der Waals surface area contributed by atoms with Crippen molar-refractivity contribution in [2.75, 3.05) is 46.4 Å². The molecule has 110 valence electrons. The summed E-state index contributed by atoms with van der Waals surface area (Å²) in [5.41, 5.74) is 0.594. The molecule has 1 heterocycles. The van der Waals surface area contributed by atoms with Crippen LogP contribution in [0.4, 0.5) is 0 Å². The molecule has 1 N–H and O–H groups in total. The van der Waals surface area contributed by atoms with Gasteiger partial charge in [-0.2, -0.15) is 0 Å². The zero-order valence-electron chi connectivity index (χ0n) is 12.1. The van der Waals surface area contributed by atoms with Crippen LogP contribution in [0.1, 0.15) is 17.3 Å². The molecule has 0 amide bonds.